The molecule has 27 heavy (non-hydrogen) atoms. The molecule has 1 heterocycles. The molecule has 144 valence electrons. The number of carbonyl (C=O) groups is 2. The van der Waals surface area contributed by atoms with Crippen LogP contribution in [0.1, 0.15) is 36.8 Å². The lowest BCUT2D eigenvalue weighted by Crippen LogP contribution is -2.49. The Balaban J connectivity index is 1.43. The Hall–Kier alpha value is -2.45. The second-order valence-electron chi connectivity index (χ2n) is 7.61. The van der Waals surface area contributed by atoms with Crippen molar-refractivity contribution in [3.63, 3.8) is 0 Å². The van der Waals surface area contributed by atoms with Gasteiger partial charge < -0.3 is 10.4 Å². The first-order valence-corrected chi connectivity index (χ1v) is 8.81. The first kappa shape index (κ1) is 17.9. The number of alkyl halides is 3. The fourth-order valence-electron chi connectivity index (χ4n) is 4.60. The summed E-state index contributed by atoms with van der Waals surface area (Å²) in [7, 11) is 0. The van der Waals surface area contributed by atoms with Crippen LogP contribution in [0.25, 0.3) is 0 Å². The molecule has 2 fully saturated rings. The van der Waals surface area contributed by atoms with Gasteiger partial charge in [-0.15, -0.1) is 10.2 Å². The lowest BCUT2D eigenvalue weighted by molar-refractivity contribution is -0.166. The van der Waals surface area contributed by atoms with Gasteiger partial charge in [-0.2, -0.15) is 13.2 Å². The van der Waals surface area contributed by atoms with Crippen LogP contribution in [0.2, 0.25) is 0 Å². The Morgan fingerprint density at radius 3 is 2.30 bits per heavy atom. The molecule has 0 spiro atoms. The normalized spacial score (nSPS) is 30.3. The number of benzene rings is 1. The molecule has 2 bridgehead atoms. The summed E-state index contributed by atoms with van der Waals surface area (Å²) in [5.74, 6) is -1.47. The summed E-state index contributed by atoms with van der Waals surface area (Å²) in [6.45, 7) is 0.0544. The topological polar surface area (TPSA) is 91.1 Å². The molecule has 0 aromatic heterocycles. The monoisotopic (exact) mass is 381 g/mol. The average molecular weight is 381 g/mol. The third kappa shape index (κ3) is 2.62. The summed E-state index contributed by atoms with van der Waals surface area (Å²) < 4.78 is 39.0. The highest BCUT2D eigenvalue weighted by molar-refractivity contribution is 6.02. The van der Waals surface area contributed by atoms with Crippen molar-refractivity contribution in [3.05, 3.63) is 35.4 Å². The number of hydrogen-bond acceptors (Lipinski definition) is 4. The van der Waals surface area contributed by atoms with E-state index in [0.717, 1.165) is 19.3 Å². The number of carboxylic acid groups (broad SMARTS) is 1. The molecule has 3 atom stereocenters. The van der Waals surface area contributed by atoms with Crippen molar-refractivity contribution in [2.24, 2.45) is 27.5 Å². The van der Waals surface area contributed by atoms with Crippen LogP contribution in [0, 0.1) is 17.3 Å². The van der Waals surface area contributed by atoms with E-state index in [2.05, 4.69) is 15.5 Å². The quantitative estimate of drug-likeness (QED) is 0.766. The summed E-state index contributed by atoms with van der Waals surface area (Å²) in [5, 5.41) is 18.6. The van der Waals surface area contributed by atoms with Crippen LogP contribution < -0.4 is 5.32 Å². The molecule has 1 amide bonds. The van der Waals surface area contributed by atoms with Gasteiger partial charge in [0.25, 0.3) is 0 Å². The summed E-state index contributed by atoms with van der Waals surface area (Å²) in [5.41, 5.74) is -3.35. The zero-order valence-electron chi connectivity index (χ0n) is 14.3. The molecule has 1 aromatic carbocycles. The van der Waals surface area contributed by atoms with Crippen molar-refractivity contribution in [3.8, 4) is 0 Å². The number of amides is 1. The fourth-order valence-corrected chi connectivity index (χ4v) is 4.60. The number of nitrogens with one attached hydrogen (secondary N) is 1. The molecule has 1 aliphatic heterocycles. The molecule has 9 heteroatoms. The standard InChI is InChI=1S/C18H18F3N3O3/c19-18(20,21)17(23-24-17)12-4-1-10(2-5-12)9-22-14(25)16(15(26)27)8-11-3-6-13(16)7-11/h1-2,4-5,11,13H,3,6-9H2,(H,22,25)(H,26,27). The van der Waals surface area contributed by atoms with Gasteiger partial charge in [-0.05, 0) is 36.7 Å². The van der Waals surface area contributed by atoms with Crippen molar-refractivity contribution >= 4 is 11.9 Å². The van der Waals surface area contributed by atoms with Crippen LogP contribution in [-0.4, -0.2) is 23.2 Å². The summed E-state index contributed by atoms with van der Waals surface area (Å²) in [6, 6.07) is 5.47. The van der Waals surface area contributed by atoms with Crippen LogP contribution in [0.15, 0.2) is 34.5 Å². The molecular formula is C18H18F3N3O3. The Morgan fingerprint density at radius 1 is 1.19 bits per heavy atom. The van der Waals surface area contributed by atoms with Crippen molar-refractivity contribution in [2.75, 3.05) is 0 Å². The lowest BCUT2D eigenvalue weighted by Gasteiger charge is -2.32. The average Bonchev–Trinajstić information content (AvgIpc) is 3.20. The van der Waals surface area contributed by atoms with Gasteiger partial charge >= 0.3 is 17.8 Å². The molecule has 4 rings (SSSR count). The molecule has 3 unspecified atom stereocenters. The molecule has 1 aromatic rings. The van der Waals surface area contributed by atoms with Crippen molar-refractivity contribution < 1.29 is 27.9 Å². The van der Waals surface area contributed by atoms with Crippen molar-refractivity contribution in [2.45, 2.75) is 44.1 Å². The highest BCUT2D eigenvalue weighted by atomic mass is 19.4. The summed E-state index contributed by atoms with van der Waals surface area (Å²) >= 11 is 0. The van der Waals surface area contributed by atoms with Crippen molar-refractivity contribution in [1.29, 1.82) is 0 Å². The van der Waals surface area contributed by atoms with E-state index in [-0.39, 0.29) is 23.9 Å². The second kappa shape index (κ2) is 5.77. The Bertz CT molecular complexity index is 815. The van der Waals surface area contributed by atoms with E-state index < -0.39 is 29.1 Å². The summed E-state index contributed by atoms with van der Waals surface area (Å²) in [4.78, 5) is 24.5. The SMILES string of the molecule is O=C(O)C1(C(=O)NCc2ccc(C3(C(F)(F)F)N=N3)cc2)CC2CCC1C2. The van der Waals surface area contributed by atoms with Gasteiger partial charge in [-0.3, -0.25) is 9.59 Å². The number of halogens is 3. The third-order valence-corrected chi connectivity index (χ3v) is 6.14. The third-order valence-electron chi connectivity index (χ3n) is 6.14. The lowest BCUT2D eigenvalue weighted by atomic mass is 9.72. The van der Waals surface area contributed by atoms with Crippen LogP contribution in [0.4, 0.5) is 13.2 Å². The number of carboxylic acids is 1. The van der Waals surface area contributed by atoms with E-state index in [1.165, 1.54) is 24.3 Å². The van der Waals surface area contributed by atoms with E-state index in [1.807, 2.05) is 0 Å². The van der Waals surface area contributed by atoms with Crippen LogP contribution in [0.3, 0.4) is 0 Å². The van der Waals surface area contributed by atoms with E-state index in [9.17, 15) is 27.9 Å². The molecular weight excluding hydrogens is 363 g/mol. The largest absolute Gasteiger partial charge is 0.480 e. The van der Waals surface area contributed by atoms with E-state index >= 15 is 0 Å². The number of hydrogen-bond donors (Lipinski definition) is 2. The minimum atomic E-state index is -4.58. The minimum Gasteiger partial charge on any atom is -0.480 e. The first-order chi connectivity index (χ1) is 12.7. The Labute approximate surface area is 152 Å². The molecule has 2 aliphatic carbocycles. The van der Waals surface area contributed by atoms with E-state index in [4.69, 9.17) is 0 Å². The van der Waals surface area contributed by atoms with Gasteiger partial charge in [0.1, 0.15) is 5.41 Å². The molecule has 2 saturated carbocycles. The van der Waals surface area contributed by atoms with Gasteiger partial charge in [-0.1, -0.05) is 30.7 Å². The predicted molar refractivity (Wildman–Crippen MR) is 86.4 cm³/mol. The molecule has 6 nitrogen and oxygen atoms in total. The van der Waals surface area contributed by atoms with Gasteiger partial charge in [0.15, 0.2) is 0 Å². The van der Waals surface area contributed by atoms with Gasteiger partial charge in [0.05, 0.1) is 0 Å². The Morgan fingerprint density at radius 2 is 1.85 bits per heavy atom. The van der Waals surface area contributed by atoms with E-state index in [0.29, 0.717) is 12.0 Å². The number of aliphatic carboxylic acids is 1. The highest BCUT2D eigenvalue weighted by Crippen LogP contribution is 2.56. The second-order valence-corrected chi connectivity index (χ2v) is 7.61. The van der Waals surface area contributed by atoms with E-state index in [1.54, 1.807) is 0 Å². The zero-order chi connectivity index (χ0) is 19.4. The van der Waals surface area contributed by atoms with Crippen LogP contribution in [-0.2, 0) is 21.8 Å². The van der Waals surface area contributed by atoms with Gasteiger partial charge in [0, 0.05) is 12.1 Å². The molecule has 0 saturated heterocycles. The number of rotatable bonds is 5. The van der Waals surface area contributed by atoms with Crippen LogP contribution in [0.5, 0.6) is 0 Å². The van der Waals surface area contributed by atoms with Gasteiger partial charge in [0.2, 0.25) is 5.91 Å². The first-order valence-electron chi connectivity index (χ1n) is 8.81. The number of fused-ring (bicyclic) bond motifs is 2. The summed E-state index contributed by atoms with van der Waals surface area (Å²) in [6.07, 6.45) is -1.76. The zero-order valence-corrected chi connectivity index (χ0v) is 14.3. The number of carbonyl (C=O) groups excluding carboxylic acids is 1. The maximum absolute atomic E-state index is 13.0. The highest BCUT2D eigenvalue weighted by Gasteiger charge is 2.65. The molecule has 0 radical (unpaired) electrons. The molecule has 2 N–H and O–H groups in total. The fraction of sp³-hybridized carbons (Fsp3) is 0.556. The minimum absolute atomic E-state index is 0.0544. The number of nitrogens with zero attached hydrogens (tertiary/aromatic N) is 2. The van der Waals surface area contributed by atoms with Crippen molar-refractivity contribution in [1.82, 2.24) is 5.32 Å². The Kier molecular flexibility index (Phi) is 3.83. The maximum Gasteiger partial charge on any atom is 0.442 e. The smallest absolute Gasteiger partial charge is 0.442 e. The molecule has 3 aliphatic rings. The van der Waals surface area contributed by atoms with Crippen LogP contribution >= 0.6 is 0 Å². The predicted octanol–water partition coefficient (Wildman–Crippen LogP) is 3.37. The maximum atomic E-state index is 13.0. The van der Waals surface area contributed by atoms with Gasteiger partial charge in [-0.25, -0.2) is 0 Å².